The van der Waals surface area contributed by atoms with Gasteiger partial charge in [-0.15, -0.1) is 0 Å². The average molecular weight is 271 g/mol. The first-order valence-electron chi connectivity index (χ1n) is 7.25. The second kappa shape index (κ2) is 6.68. The third-order valence-corrected chi connectivity index (χ3v) is 3.60. The Morgan fingerprint density at radius 2 is 1.89 bits per heavy atom. The summed E-state index contributed by atoms with van der Waals surface area (Å²) in [6, 6.07) is 0. The van der Waals surface area contributed by atoms with E-state index in [0.29, 0.717) is 32.2 Å². The van der Waals surface area contributed by atoms with Crippen molar-refractivity contribution in [2.45, 2.75) is 38.9 Å². The number of ether oxygens (including phenoxy) is 3. The summed E-state index contributed by atoms with van der Waals surface area (Å²) in [5.74, 6) is 0.295. The third-order valence-electron chi connectivity index (χ3n) is 3.60. The Labute approximate surface area is 115 Å². The first-order valence-corrected chi connectivity index (χ1v) is 7.25. The average Bonchev–Trinajstić information content (AvgIpc) is 2.83. The summed E-state index contributed by atoms with van der Waals surface area (Å²) >= 11 is 0. The lowest BCUT2D eigenvalue weighted by Crippen LogP contribution is -2.47. The van der Waals surface area contributed by atoms with Gasteiger partial charge < -0.3 is 19.1 Å². The summed E-state index contributed by atoms with van der Waals surface area (Å²) in [6.45, 7) is 8.25. The molecule has 2 aliphatic heterocycles. The third kappa shape index (κ3) is 4.16. The molecule has 0 aliphatic carbocycles. The van der Waals surface area contributed by atoms with Crippen LogP contribution < -0.4 is 0 Å². The maximum atomic E-state index is 12.0. The number of hydrogen-bond acceptors (Lipinski definition) is 4. The molecule has 0 aromatic rings. The molecule has 5 nitrogen and oxygen atoms in total. The molecule has 0 aromatic carbocycles. The molecule has 110 valence electrons. The summed E-state index contributed by atoms with van der Waals surface area (Å²) in [7, 11) is 0. The van der Waals surface area contributed by atoms with E-state index >= 15 is 0 Å². The molecular formula is C14H25NO4. The van der Waals surface area contributed by atoms with E-state index in [2.05, 4.69) is 13.8 Å². The minimum atomic E-state index is -0.398. The van der Waals surface area contributed by atoms with E-state index < -0.39 is 5.79 Å². The van der Waals surface area contributed by atoms with Crippen LogP contribution in [-0.4, -0.2) is 56.1 Å². The summed E-state index contributed by atoms with van der Waals surface area (Å²) in [4.78, 5) is 13.9. The van der Waals surface area contributed by atoms with Gasteiger partial charge >= 0.3 is 0 Å². The zero-order chi connectivity index (χ0) is 13.7. The highest BCUT2D eigenvalue weighted by molar-refractivity contribution is 5.76. The van der Waals surface area contributed by atoms with Crippen molar-refractivity contribution in [2.75, 3.05) is 39.5 Å². The van der Waals surface area contributed by atoms with Gasteiger partial charge in [0.25, 0.3) is 0 Å². The van der Waals surface area contributed by atoms with Gasteiger partial charge in [-0.3, -0.25) is 4.79 Å². The van der Waals surface area contributed by atoms with Crippen LogP contribution in [0.4, 0.5) is 0 Å². The van der Waals surface area contributed by atoms with Gasteiger partial charge in [-0.25, -0.2) is 0 Å². The standard InChI is InChI=1S/C14H25NO4/c1-12(2)11-17-8-3-13(16)15-6-4-14(5-7-15)18-9-10-19-14/h12H,3-11H2,1-2H3. The van der Waals surface area contributed by atoms with Crippen molar-refractivity contribution in [3.63, 3.8) is 0 Å². The first kappa shape index (κ1) is 14.8. The maximum absolute atomic E-state index is 12.0. The molecule has 0 aromatic heterocycles. The highest BCUT2D eigenvalue weighted by Gasteiger charge is 2.40. The lowest BCUT2D eigenvalue weighted by molar-refractivity contribution is -0.187. The molecule has 5 heteroatoms. The molecule has 2 aliphatic rings. The second-order valence-corrected chi connectivity index (χ2v) is 5.71. The molecule has 2 rings (SSSR count). The minimum Gasteiger partial charge on any atom is -0.381 e. The summed E-state index contributed by atoms with van der Waals surface area (Å²) in [5, 5.41) is 0. The Kier molecular flexibility index (Phi) is 5.19. The van der Waals surface area contributed by atoms with E-state index in [-0.39, 0.29) is 5.91 Å². The SMILES string of the molecule is CC(C)COCCC(=O)N1CCC2(CC1)OCCO2. The van der Waals surface area contributed by atoms with Crippen LogP contribution in [0.15, 0.2) is 0 Å². The maximum Gasteiger partial charge on any atom is 0.224 e. The molecule has 0 unspecified atom stereocenters. The topological polar surface area (TPSA) is 48.0 Å². The smallest absolute Gasteiger partial charge is 0.224 e. The van der Waals surface area contributed by atoms with Crippen molar-refractivity contribution < 1.29 is 19.0 Å². The molecule has 2 heterocycles. The minimum absolute atomic E-state index is 0.177. The van der Waals surface area contributed by atoms with Gasteiger partial charge in [-0.05, 0) is 5.92 Å². The lowest BCUT2D eigenvalue weighted by atomic mass is 10.0. The normalized spacial score (nSPS) is 22.4. The van der Waals surface area contributed by atoms with Crippen LogP contribution in [0.5, 0.6) is 0 Å². The van der Waals surface area contributed by atoms with E-state index in [1.54, 1.807) is 0 Å². The van der Waals surface area contributed by atoms with E-state index in [1.807, 2.05) is 4.90 Å². The van der Waals surface area contributed by atoms with Crippen molar-refractivity contribution in [1.82, 2.24) is 4.90 Å². The van der Waals surface area contributed by atoms with Crippen LogP contribution in [0.2, 0.25) is 0 Å². The molecule has 1 amide bonds. The van der Waals surface area contributed by atoms with Crippen LogP contribution in [0.25, 0.3) is 0 Å². The molecule has 0 atom stereocenters. The molecule has 0 radical (unpaired) electrons. The van der Waals surface area contributed by atoms with Crippen LogP contribution in [0, 0.1) is 5.92 Å². The number of rotatable bonds is 5. The van der Waals surface area contributed by atoms with Crippen molar-refractivity contribution in [3.8, 4) is 0 Å². The van der Waals surface area contributed by atoms with E-state index in [1.165, 1.54) is 0 Å². The number of amides is 1. The second-order valence-electron chi connectivity index (χ2n) is 5.71. The fourth-order valence-corrected chi connectivity index (χ4v) is 2.52. The van der Waals surface area contributed by atoms with Crippen molar-refractivity contribution in [2.24, 2.45) is 5.92 Å². The fourth-order valence-electron chi connectivity index (χ4n) is 2.52. The molecular weight excluding hydrogens is 246 g/mol. The van der Waals surface area contributed by atoms with Gasteiger partial charge in [-0.2, -0.15) is 0 Å². The van der Waals surface area contributed by atoms with E-state index in [0.717, 1.165) is 32.5 Å². The zero-order valence-electron chi connectivity index (χ0n) is 12.0. The number of carbonyl (C=O) groups excluding carboxylic acids is 1. The Balaban J connectivity index is 1.65. The van der Waals surface area contributed by atoms with Gasteiger partial charge in [0.1, 0.15) is 0 Å². The Morgan fingerprint density at radius 3 is 2.47 bits per heavy atom. The van der Waals surface area contributed by atoms with Crippen LogP contribution in [0.3, 0.4) is 0 Å². The predicted octanol–water partition coefficient (Wildman–Crippen LogP) is 1.41. The molecule has 2 fully saturated rings. The molecule has 1 spiro atoms. The van der Waals surface area contributed by atoms with Gasteiger partial charge in [0.05, 0.1) is 26.2 Å². The number of piperidine rings is 1. The molecule has 0 saturated carbocycles. The van der Waals surface area contributed by atoms with Crippen LogP contribution >= 0.6 is 0 Å². The van der Waals surface area contributed by atoms with Crippen molar-refractivity contribution >= 4 is 5.91 Å². The van der Waals surface area contributed by atoms with Crippen molar-refractivity contribution in [3.05, 3.63) is 0 Å². The predicted molar refractivity (Wildman–Crippen MR) is 70.7 cm³/mol. The van der Waals surface area contributed by atoms with Crippen molar-refractivity contribution in [1.29, 1.82) is 0 Å². The first-order chi connectivity index (χ1) is 9.11. The fraction of sp³-hybridized carbons (Fsp3) is 0.929. The van der Waals surface area contributed by atoms with E-state index in [4.69, 9.17) is 14.2 Å². The summed E-state index contributed by atoms with van der Waals surface area (Å²) in [6.07, 6.45) is 2.04. The molecule has 19 heavy (non-hydrogen) atoms. The Morgan fingerprint density at radius 1 is 1.26 bits per heavy atom. The highest BCUT2D eigenvalue weighted by atomic mass is 16.7. The van der Waals surface area contributed by atoms with Gasteiger partial charge in [0.2, 0.25) is 5.91 Å². The number of nitrogens with zero attached hydrogens (tertiary/aromatic N) is 1. The number of carbonyl (C=O) groups is 1. The highest BCUT2D eigenvalue weighted by Crippen LogP contribution is 2.31. The van der Waals surface area contributed by atoms with Gasteiger partial charge in [-0.1, -0.05) is 13.8 Å². The number of likely N-dealkylation sites (tertiary alicyclic amines) is 1. The number of hydrogen-bond donors (Lipinski definition) is 0. The zero-order valence-corrected chi connectivity index (χ0v) is 12.0. The lowest BCUT2D eigenvalue weighted by Gasteiger charge is -2.37. The monoisotopic (exact) mass is 271 g/mol. The molecule has 2 saturated heterocycles. The van der Waals surface area contributed by atoms with Gasteiger partial charge in [0, 0.05) is 32.5 Å². The Hall–Kier alpha value is -0.650. The largest absolute Gasteiger partial charge is 0.381 e. The Bertz CT molecular complexity index is 290. The van der Waals surface area contributed by atoms with Crippen LogP contribution in [-0.2, 0) is 19.0 Å². The van der Waals surface area contributed by atoms with Gasteiger partial charge in [0.15, 0.2) is 5.79 Å². The summed E-state index contributed by atoms with van der Waals surface area (Å²) in [5.41, 5.74) is 0. The summed E-state index contributed by atoms with van der Waals surface area (Å²) < 4.78 is 16.8. The molecule has 0 N–H and O–H groups in total. The van der Waals surface area contributed by atoms with Crippen LogP contribution in [0.1, 0.15) is 33.1 Å². The quantitative estimate of drug-likeness (QED) is 0.709. The molecule has 0 bridgehead atoms. The van der Waals surface area contributed by atoms with E-state index in [9.17, 15) is 4.79 Å².